The first-order valence-corrected chi connectivity index (χ1v) is 7.68. The highest BCUT2D eigenvalue weighted by atomic mass is 16.6. The molecule has 124 valence electrons. The normalized spacial score (nSPS) is 16.8. The summed E-state index contributed by atoms with van der Waals surface area (Å²) < 4.78 is 5.27. The van der Waals surface area contributed by atoms with Gasteiger partial charge in [0.1, 0.15) is 11.4 Å². The van der Waals surface area contributed by atoms with E-state index in [4.69, 9.17) is 4.74 Å². The van der Waals surface area contributed by atoms with E-state index in [0.29, 0.717) is 11.4 Å². The summed E-state index contributed by atoms with van der Waals surface area (Å²) in [4.78, 5) is 13.3. The van der Waals surface area contributed by atoms with Crippen LogP contribution in [0, 0.1) is 10.1 Å². The Balaban J connectivity index is 0.00000242. The van der Waals surface area contributed by atoms with Gasteiger partial charge in [0.15, 0.2) is 0 Å². The number of ether oxygens (including phenoxy) is 1. The lowest BCUT2D eigenvalue weighted by atomic mass is 9.81. The highest BCUT2D eigenvalue weighted by Crippen LogP contribution is 2.42. The average molecular weight is 309 g/mol. The summed E-state index contributed by atoms with van der Waals surface area (Å²) in [5.41, 5.74) is 0.891. The van der Waals surface area contributed by atoms with E-state index in [0.717, 1.165) is 32.2 Å². The Kier molecular flexibility index (Phi) is 6.17. The molecule has 0 saturated carbocycles. The fourth-order valence-corrected chi connectivity index (χ4v) is 3.46. The van der Waals surface area contributed by atoms with Crippen LogP contribution in [0.5, 0.6) is 5.75 Å². The fourth-order valence-electron chi connectivity index (χ4n) is 3.46. The standard InChI is InChI=1S/C16H24N2O3.H3N/c1-4-16(5-2)10-6-7-11-17(16)15-12-13(21-3)8-9-14(15)18(19)20;/h8-9,12H,4-7,10-11H2,1-3H3;1H3. The second-order valence-corrected chi connectivity index (χ2v) is 5.65. The molecule has 6 nitrogen and oxygen atoms in total. The second-order valence-electron chi connectivity index (χ2n) is 5.65. The first-order chi connectivity index (χ1) is 10.1. The van der Waals surface area contributed by atoms with Crippen LogP contribution in [0.15, 0.2) is 18.2 Å². The minimum absolute atomic E-state index is 0. The molecule has 1 aromatic carbocycles. The number of rotatable bonds is 5. The molecule has 2 rings (SSSR count). The number of piperidine rings is 1. The summed E-state index contributed by atoms with van der Waals surface area (Å²) in [5.74, 6) is 0.669. The predicted octanol–water partition coefficient (Wildman–Crippen LogP) is 4.31. The van der Waals surface area contributed by atoms with E-state index in [9.17, 15) is 10.1 Å². The van der Waals surface area contributed by atoms with Crippen molar-refractivity contribution in [2.45, 2.75) is 51.5 Å². The van der Waals surface area contributed by atoms with Gasteiger partial charge in [0.2, 0.25) is 0 Å². The van der Waals surface area contributed by atoms with E-state index >= 15 is 0 Å². The Bertz CT molecular complexity index is 515. The lowest BCUT2D eigenvalue weighted by Gasteiger charge is -2.48. The summed E-state index contributed by atoms with van der Waals surface area (Å²) in [7, 11) is 1.59. The molecule has 3 N–H and O–H groups in total. The van der Waals surface area contributed by atoms with Crippen LogP contribution in [0.4, 0.5) is 11.4 Å². The van der Waals surface area contributed by atoms with Crippen molar-refractivity contribution in [3.63, 3.8) is 0 Å². The van der Waals surface area contributed by atoms with Crippen molar-refractivity contribution in [3.05, 3.63) is 28.3 Å². The maximum Gasteiger partial charge on any atom is 0.292 e. The van der Waals surface area contributed by atoms with Gasteiger partial charge in [-0.1, -0.05) is 13.8 Å². The lowest BCUT2D eigenvalue weighted by molar-refractivity contribution is -0.384. The summed E-state index contributed by atoms with van der Waals surface area (Å²) in [6.45, 7) is 5.22. The summed E-state index contributed by atoms with van der Waals surface area (Å²) >= 11 is 0. The van der Waals surface area contributed by atoms with Crippen LogP contribution < -0.4 is 15.8 Å². The van der Waals surface area contributed by atoms with Crippen molar-refractivity contribution < 1.29 is 9.66 Å². The minimum Gasteiger partial charge on any atom is -0.497 e. The van der Waals surface area contributed by atoms with Gasteiger partial charge in [-0.3, -0.25) is 10.1 Å². The zero-order chi connectivity index (χ0) is 15.5. The van der Waals surface area contributed by atoms with Gasteiger partial charge in [-0.25, -0.2) is 0 Å². The molecule has 0 unspecified atom stereocenters. The Morgan fingerprint density at radius 3 is 2.55 bits per heavy atom. The number of hydrogen-bond acceptors (Lipinski definition) is 5. The highest BCUT2D eigenvalue weighted by molar-refractivity contribution is 5.67. The predicted molar refractivity (Wildman–Crippen MR) is 89.2 cm³/mol. The van der Waals surface area contributed by atoms with E-state index in [-0.39, 0.29) is 22.3 Å². The quantitative estimate of drug-likeness (QED) is 0.646. The van der Waals surface area contributed by atoms with Crippen LogP contribution in [0.25, 0.3) is 0 Å². The summed E-state index contributed by atoms with van der Waals surface area (Å²) in [6.07, 6.45) is 5.36. The summed E-state index contributed by atoms with van der Waals surface area (Å²) in [5, 5.41) is 11.4. The number of hydrogen-bond donors (Lipinski definition) is 1. The molecule has 1 fully saturated rings. The zero-order valence-electron chi connectivity index (χ0n) is 13.8. The first-order valence-electron chi connectivity index (χ1n) is 7.68. The molecule has 0 amide bonds. The van der Waals surface area contributed by atoms with Gasteiger partial charge in [0, 0.05) is 24.2 Å². The third kappa shape index (κ3) is 3.16. The highest BCUT2D eigenvalue weighted by Gasteiger charge is 2.38. The number of nitrogens with zero attached hydrogens (tertiary/aromatic N) is 2. The van der Waals surface area contributed by atoms with Gasteiger partial charge in [-0.05, 0) is 38.2 Å². The molecular formula is C16H27N3O3. The molecule has 1 heterocycles. The van der Waals surface area contributed by atoms with Crippen LogP contribution in [0.3, 0.4) is 0 Å². The second kappa shape index (κ2) is 7.45. The third-order valence-electron chi connectivity index (χ3n) is 4.83. The molecule has 0 bridgehead atoms. The molecule has 22 heavy (non-hydrogen) atoms. The van der Waals surface area contributed by atoms with E-state index in [1.54, 1.807) is 19.2 Å². The minimum atomic E-state index is -0.292. The summed E-state index contributed by atoms with van der Waals surface area (Å²) in [6, 6.07) is 5.02. The van der Waals surface area contributed by atoms with E-state index in [1.807, 2.05) is 6.07 Å². The molecule has 0 atom stereocenters. The SMILES string of the molecule is CCC1(CC)CCCCN1c1cc(OC)ccc1[N+](=O)[O-].N. The number of nitro groups is 1. The molecule has 1 saturated heterocycles. The Morgan fingerprint density at radius 1 is 1.32 bits per heavy atom. The molecule has 1 aromatic rings. The molecule has 0 aliphatic carbocycles. The van der Waals surface area contributed by atoms with Crippen LogP contribution in [-0.4, -0.2) is 24.1 Å². The number of methoxy groups -OCH3 is 1. The molecule has 6 heteroatoms. The van der Waals surface area contributed by atoms with Crippen LogP contribution >= 0.6 is 0 Å². The fraction of sp³-hybridized carbons (Fsp3) is 0.625. The molecule has 0 radical (unpaired) electrons. The van der Waals surface area contributed by atoms with Crippen LogP contribution in [-0.2, 0) is 0 Å². The lowest BCUT2D eigenvalue weighted by Crippen LogP contribution is -2.51. The third-order valence-corrected chi connectivity index (χ3v) is 4.83. The zero-order valence-corrected chi connectivity index (χ0v) is 13.8. The van der Waals surface area contributed by atoms with Crippen molar-refractivity contribution in [1.82, 2.24) is 6.15 Å². The van der Waals surface area contributed by atoms with Gasteiger partial charge in [-0.2, -0.15) is 0 Å². The number of nitro benzene ring substituents is 1. The average Bonchev–Trinajstić information content (AvgIpc) is 2.53. The maximum atomic E-state index is 11.4. The van der Waals surface area contributed by atoms with Crippen molar-refractivity contribution in [2.75, 3.05) is 18.6 Å². The van der Waals surface area contributed by atoms with Gasteiger partial charge in [0.05, 0.1) is 12.0 Å². The topological polar surface area (TPSA) is 90.6 Å². The van der Waals surface area contributed by atoms with Crippen molar-refractivity contribution >= 4 is 11.4 Å². The van der Waals surface area contributed by atoms with E-state index in [1.165, 1.54) is 6.42 Å². The van der Waals surface area contributed by atoms with Gasteiger partial charge in [0.25, 0.3) is 5.69 Å². The molecular weight excluding hydrogens is 282 g/mol. The van der Waals surface area contributed by atoms with Crippen molar-refractivity contribution in [3.8, 4) is 5.75 Å². The molecule has 1 aliphatic heterocycles. The largest absolute Gasteiger partial charge is 0.497 e. The van der Waals surface area contributed by atoms with Crippen LogP contribution in [0.2, 0.25) is 0 Å². The number of benzene rings is 1. The van der Waals surface area contributed by atoms with Crippen molar-refractivity contribution in [1.29, 1.82) is 0 Å². The van der Waals surface area contributed by atoms with Gasteiger partial charge < -0.3 is 15.8 Å². The Labute approximate surface area is 132 Å². The first kappa shape index (κ1) is 18.2. The van der Waals surface area contributed by atoms with Crippen molar-refractivity contribution in [2.24, 2.45) is 0 Å². The monoisotopic (exact) mass is 309 g/mol. The van der Waals surface area contributed by atoms with Gasteiger partial charge >= 0.3 is 0 Å². The van der Waals surface area contributed by atoms with Crippen LogP contribution in [0.1, 0.15) is 46.0 Å². The van der Waals surface area contributed by atoms with E-state index in [2.05, 4.69) is 18.7 Å². The van der Waals surface area contributed by atoms with Gasteiger partial charge in [-0.15, -0.1) is 0 Å². The Hall–Kier alpha value is -1.82. The smallest absolute Gasteiger partial charge is 0.292 e. The molecule has 0 aromatic heterocycles. The maximum absolute atomic E-state index is 11.4. The van der Waals surface area contributed by atoms with E-state index < -0.39 is 0 Å². The molecule has 0 spiro atoms. The number of anilines is 1. The molecule has 1 aliphatic rings. The Morgan fingerprint density at radius 2 is 2.00 bits per heavy atom.